The van der Waals surface area contributed by atoms with Crippen molar-refractivity contribution in [2.45, 2.75) is 19.4 Å². The number of halogens is 3. The van der Waals surface area contributed by atoms with Gasteiger partial charge < -0.3 is 0 Å². The normalized spacial score (nSPS) is 12.7. The van der Waals surface area contributed by atoms with Crippen LogP contribution in [-0.4, -0.2) is 9.78 Å². The van der Waals surface area contributed by atoms with E-state index in [2.05, 4.69) is 10.5 Å². The molecule has 1 unspecified atom stereocenters. The number of hydrogen-bond donors (Lipinski definition) is 2. The summed E-state index contributed by atoms with van der Waals surface area (Å²) in [6.45, 7) is 1.84. The molecule has 0 saturated carbocycles. The molecule has 2 aromatic rings. The number of nitrogens with zero attached hydrogens (tertiary/aromatic N) is 2. The average Bonchev–Trinajstić information content (AvgIpc) is 2.63. The molecule has 108 valence electrons. The van der Waals surface area contributed by atoms with Gasteiger partial charge >= 0.3 is 0 Å². The minimum absolute atomic E-state index is 0.325. The summed E-state index contributed by atoms with van der Waals surface area (Å²) in [5.41, 5.74) is 4.52. The first-order chi connectivity index (χ1) is 9.45. The fourth-order valence-corrected chi connectivity index (χ4v) is 2.74. The van der Waals surface area contributed by atoms with Crippen molar-refractivity contribution in [3.63, 3.8) is 0 Å². The number of hydrogen-bond acceptors (Lipinski definition) is 3. The number of benzene rings is 1. The molecule has 3 N–H and O–H groups in total. The molecule has 7 heteroatoms. The van der Waals surface area contributed by atoms with Crippen LogP contribution < -0.4 is 11.3 Å². The third-order valence-electron chi connectivity index (χ3n) is 3.23. The number of aromatic nitrogens is 2. The van der Waals surface area contributed by atoms with Gasteiger partial charge in [0, 0.05) is 23.2 Å². The van der Waals surface area contributed by atoms with Crippen molar-refractivity contribution in [2.75, 3.05) is 0 Å². The van der Waals surface area contributed by atoms with Crippen molar-refractivity contribution in [1.29, 1.82) is 0 Å². The Morgan fingerprint density at radius 1 is 1.45 bits per heavy atom. The fraction of sp³-hybridized carbons (Fsp3) is 0.308. The van der Waals surface area contributed by atoms with E-state index < -0.39 is 11.9 Å². The summed E-state index contributed by atoms with van der Waals surface area (Å²) in [6, 6.07) is 4.05. The minimum Gasteiger partial charge on any atom is -0.271 e. The number of hydrazine groups is 1. The van der Waals surface area contributed by atoms with Gasteiger partial charge in [0.25, 0.3) is 0 Å². The quantitative estimate of drug-likeness (QED) is 0.673. The van der Waals surface area contributed by atoms with Crippen molar-refractivity contribution in [3.05, 3.63) is 51.0 Å². The molecule has 0 aliphatic carbocycles. The molecule has 1 aromatic heterocycles. The zero-order valence-electron chi connectivity index (χ0n) is 11.1. The molecule has 1 atom stereocenters. The monoisotopic (exact) mass is 316 g/mol. The van der Waals surface area contributed by atoms with Gasteiger partial charge in [-0.25, -0.2) is 4.39 Å². The number of aryl methyl sites for hydroxylation is 2. The highest BCUT2D eigenvalue weighted by atomic mass is 35.5. The highest BCUT2D eigenvalue weighted by molar-refractivity contribution is 6.31. The maximum atomic E-state index is 14.0. The number of rotatable bonds is 4. The highest BCUT2D eigenvalue weighted by Crippen LogP contribution is 2.30. The molecule has 0 aliphatic rings. The largest absolute Gasteiger partial charge is 0.271 e. The number of nitrogens with one attached hydrogen (secondary N) is 1. The first kappa shape index (κ1) is 15.3. The van der Waals surface area contributed by atoms with Crippen LogP contribution in [0.25, 0.3) is 0 Å². The zero-order chi connectivity index (χ0) is 14.9. The second-order valence-electron chi connectivity index (χ2n) is 4.54. The van der Waals surface area contributed by atoms with Crippen molar-refractivity contribution in [1.82, 2.24) is 15.2 Å². The first-order valence-corrected chi connectivity index (χ1v) is 6.79. The van der Waals surface area contributed by atoms with Crippen LogP contribution in [0.15, 0.2) is 18.2 Å². The van der Waals surface area contributed by atoms with E-state index >= 15 is 0 Å². The van der Waals surface area contributed by atoms with E-state index in [4.69, 9.17) is 29.0 Å². The van der Waals surface area contributed by atoms with Crippen LogP contribution in [-0.2, 0) is 13.5 Å². The summed E-state index contributed by atoms with van der Waals surface area (Å²) < 4.78 is 15.5. The summed E-state index contributed by atoms with van der Waals surface area (Å²) in [4.78, 5) is 0. The Bertz CT molecular complexity index is 607. The predicted octanol–water partition coefficient (Wildman–Crippen LogP) is 2.92. The van der Waals surface area contributed by atoms with Crippen LogP contribution in [0.4, 0.5) is 4.39 Å². The van der Waals surface area contributed by atoms with Gasteiger partial charge in [0.15, 0.2) is 0 Å². The van der Waals surface area contributed by atoms with Crippen LogP contribution in [0, 0.1) is 12.7 Å². The molecule has 0 saturated heterocycles. The van der Waals surface area contributed by atoms with Gasteiger partial charge in [-0.05, 0) is 25.5 Å². The molecule has 2 rings (SSSR count). The minimum atomic E-state index is -0.482. The number of nitrogens with two attached hydrogens (primary N) is 1. The summed E-state index contributed by atoms with van der Waals surface area (Å²) in [5.74, 6) is 5.15. The lowest BCUT2D eigenvalue weighted by atomic mass is 9.99. The summed E-state index contributed by atoms with van der Waals surface area (Å²) >= 11 is 12.3. The molecule has 0 radical (unpaired) electrons. The van der Waals surface area contributed by atoms with E-state index in [0.29, 0.717) is 22.2 Å². The third kappa shape index (κ3) is 2.81. The van der Waals surface area contributed by atoms with Gasteiger partial charge in [-0.15, -0.1) is 0 Å². The van der Waals surface area contributed by atoms with E-state index in [1.54, 1.807) is 23.9 Å². The van der Waals surface area contributed by atoms with Crippen molar-refractivity contribution in [3.8, 4) is 0 Å². The lowest BCUT2D eigenvalue weighted by molar-refractivity contribution is 0.510. The van der Waals surface area contributed by atoms with Crippen LogP contribution >= 0.6 is 23.2 Å². The highest BCUT2D eigenvalue weighted by Gasteiger charge is 2.22. The Morgan fingerprint density at radius 3 is 2.65 bits per heavy atom. The summed E-state index contributed by atoms with van der Waals surface area (Å²) in [5, 5.41) is 5.06. The Labute approximate surface area is 126 Å². The Morgan fingerprint density at radius 2 is 2.15 bits per heavy atom. The second kappa shape index (κ2) is 6.10. The van der Waals surface area contributed by atoms with Crippen molar-refractivity contribution in [2.24, 2.45) is 12.9 Å². The van der Waals surface area contributed by atoms with Gasteiger partial charge in [0.1, 0.15) is 11.0 Å². The Kier molecular flexibility index (Phi) is 4.65. The maximum Gasteiger partial charge on any atom is 0.130 e. The van der Waals surface area contributed by atoms with Gasteiger partial charge in [0.2, 0.25) is 0 Å². The molecule has 0 aliphatic heterocycles. The predicted molar refractivity (Wildman–Crippen MR) is 78.1 cm³/mol. The maximum absolute atomic E-state index is 14.0. The van der Waals surface area contributed by atoms with Crippen molar-refractivity contribution < 1.29 is 4.39 Å². The Hall–Kier alpha value is -1.14. The molecule has 1 heterocycles. The Balaban J connectivity index is 2.39. The topological polar surface area (TPSA) is 55.9 Å². The zero-order valence-corrected chi connectivity index (χ0v) is 12.6. The van der Waals surface area contributed by atoms with Crippen molar-refractivity contribution >= 4 is 23.2 Å². The van der Waals surface area contributed by atoms with E-state index in [1.807, 2.05) is 6.92 Å². The second-order valence-corrected chi connectivity index (χ2v) is 5.30. The fourth-order valence-electron chi connectivity index (χ4n) is 2.20. The molecule has 0 spiro atoms. The van der Waals surface area contributed by atoms with Crippen LogP contribution in [0.2, 0.25) is 10.2 Å². The lowest BCUT2D eigenvalue weighted by Gasteiger charge is -2.18. The molecule has 0 bridgehead atoms. The van der Waals surface area contributed by atoms with E-state index in [0.717, 1.165) is 11.3 Å². The van der Waals surface area contributed by atoms with Crippen LogP contribution in [0.5, 0.6) is 0 Å². The molecular formula is C13H15Cl2FN4. The van der Waals surface area contributed by atoms with Gasteiger partial charge in [-0.3, -0.25) is 16.0 Å². The van der Waals surface area contributed by atoms with Gasteiger partial charge in [-0.2, -0.15) is 5.10 Å². The molecular weight excluding hydrogens is 302 g/mol. The molecule has 20 heavy (non-hydrogen) atoms. The summed E-state index contributed by atoms with van der Waals surface area (Å²) in [6.07, 6.45) is 0.398. The SMILES string of the molecule is Cc1nn(C)c(Cl)c1CC(NN)c1c(F)cccc1Cl. The van der Waals surface area contributed by atoms with E-state index in [1.165, 1.54) is 6.07 Å². The van der Waals surface area contributed by atoms with E-state index in [-0.39, 0.29) is 0 Å². The van der Waals surface area contributed by atoms with Gasteiger partial charge in [0.05, 0.1) is 11.7 Å². The third-order valence-corrected chi connectivity index (χ3v) is 4.03. The van der Waals surface area contributed by atoms with Crippen LogP contribution in [0.3, 0.4) is 0 Å². The molecule has 4 nitrogen and oxygen atoms in total. The smallest absolute Gasteiger partial charge is 0.130 e. The molecule has 0 amide bonds. The average molecular weight is 317 g/mol. The molecule has 1 aromatic carbocycles. The lowest BCUT2D eigenvalue weighted by Crippen LogP contribution is -2.30. The van der Waals surface area contributed by atoms with Crippen LogP contribution in [0.1, 0.15) is 22.9 Å². The van der Waals surface area contributed by atoms with E-state index in [9.17, 15) is 4.39 Å². The van der Waals surface area contributed by atoms with Gasteiger partial charge in [-0.1, -0.05) is 29.3 Å². The standard InChI is InChI=1S/C13H15Cl2FN4/c1-7-8(13(15)20(2)19-7)6-11(18-17)12-9(14)4-3-5-10(12)16/h3-5,11,18H,6,17H2,1-2H3. The first-order valence-electron chi connectivity index (χ1n) is 6.03. The molecule has 0 fully saturated rings. The summed E-state index contributed by atoms with van der Waals surface area (Å²) in [7, 11) is 1.75.